The molecule has 3 nitrogen and oxygen atoms in total. The van der Waals surface area contributed by atoms with E-state index in [4.69, 9.17) is 4.74 Å². The van der Waals surface area contributed by atoms with Crippen molar-refractivity contribution in [3.8, 4) is 0 Å². The lowest BCUT2D eigenvalue weighted by Gasteiger charge is -2.03. The normalized spacial score (nSPS) is 18.3. The highest BCUT2D eigenvalue weighted by molar-refractivity contribution is 7.09. The molecule has 0 saturated carbocycles. The number of ether oxygens (including phenoxy) is 1. The second-order valence-electron chi connectivity index (χ2n) is 5.13. The first kappa shape index (κ1) is 13.5. The maximum atomic E-state index is 12.1. The molecule has 1 saturated heterocycles. The van der Waals surface area contributed by atoms with Gasteiger partial charge in [-0.1, -0.05) is 30.3 Å². The lowest BCUT2D eigenvalue weighted by Crippen LogP contribution is -2.05. The van der Waals surface area contributed by atoms with Crippen molar-refractivity contribution in [2.45, 2.75) is 19.3 Å². The Labute approximate surface area is 122 Å². The van der Waals surface area contributed by atoms with Crippen LogP contribution in [-0.4, -0.2) is 24.0 Å². The number of aromatic nitrogens is 1. The highest BCUT2D eigenvalue weighted by Crippen LogP contribution is 2.21. The van der Waals surface area contributed by atoms with Gasteiger partial charge in [0.1, 0.15) is 0 Å². The molecule has 2 aromatic rings. The standard InChI is InChI=1S/C16H17NO2S/c18-15(13-4-2-1-3-5-13)9-14-11-20-16(17-14)8-12-6-7-19-10-12/h1-5,11-12H,6-10H2. The van der Waals surface area contributed by atoms with Crippen LogP contribution in [0.25, 0.3) is 0 Å². The Morgan fingerprint density at radius 2 is 2.20 bits per heavy atom. The summed E-state index contributed by atoms with van der Waals surface area (Å²) in [5.74, 6) is 0.727. The van der Waals surface area contributed by atoms with Gasteiger partial charge >= 0.3 is 0 Å². The van der Waals surface area contributed by atoms with Crippen LogP contribution < -0.4 is 0 Å². The lowest BCUT2D eigenvalue weighted by atomic mass is 10.1. The van der Waals surface area contributed by atoms with Gasteiger partial charge in [0.15, 0.2) is 5.78 Å². The van der Waals surface area contributed by atoms with Gasteiger partial charge in [-0.05, 0) is 12.3 Å². The zero-order chi connectivity index (χ0) is 13.8. The molecule has 0 aliphatic carbocycles. The molecule has 1 aliphatic heterocycles. The van der Waals surface area contributed by atoms with Gasteiger partial charge in [-0.25, -0.2) is 4.98 Å². The van der Waals surface area contributed by atoms with Crippen LogP contribution in [0.1, 0.15) is 27.5 Å². The van der Waals surface area contributed by atoms with E-state index in [9.17, 15) is 4.79 Å². The zero-order valence-corrected chi connectivity index (χ0v) is 12.1. The first-order valence-corrected chi connectivity index (χ1v) is 7.78. The lowest BCUT2D eigenvalue weighted by molar-refractivity contribution is 0.0992. The van der Waals surface area contributed by atoms with Crippen LogP contribution >= 0.6 is 11.3 Å². The Balaban J connectivity index is 1.60. The number of thiazole rings is 1. The summed E-state index contributed by atoms with van der Waals surface area (Å²) in [4.78, 5) is 16.7. The molecule has 0 spiro atoms. The number of benzene rings is 1. The minimum atomic E-state index is 0.131. The molecule has 1 atom stereocenters. The predicted octanol–water partition coefficient (Wildman–Crippen LogP) is 3.15. The van der Waals surface area contributed by atoms with Crippen molar-refractivity contribution in [2.24, 2.45) is 5.92 Å². The van der Waals surface area contributed by atoms with Crippen LogP contribution in [0.5, 0.6) is 0 Å². The smallest absolute Gasteiger partial charge is 0.168 e. The van der Waals surface area contributed by atoms with Crippen molar-refractivity contribution < 1.29 is 9.53 Å². The Kier molecular flexibility index (Phi) is 4.23. The molecule has 0 bridgehead atoms. The van der Waals surface area contributed by atoms with Gasteiger partial charge in [0, 0.05) is 30.6 Å². The predicted molar refractivity (Wildman–Crippen MR) is 79.2 cm³/mol. The van der Waals surface area contributed by atoms with E-state index in [0.29, 0.717) is 12.3 Å². The largest absolute Gasteiger partial charge is 0.381 e. The monoisotopic (exact) mass is 287 g/mol. The molecular weight excluding hydrogens is 270 g/mol. The second-order valence-corrected chi connectivity index (χ2v) is 6.07. The van der Waals surface area contributed by atoms with E-state index >= 15 is 0 Å². The van der Waals surface area contributed by atoms with Crippen LogP contribution in [0.2, 0.25) is 0 Å². The fraction of sp³-hybridized carbons (Fsp3) is 0.375. The number of carbonyl (C=O) groups is 1. The maximum Gasteiger partial charge on any atom is 0.168 e. The summed E-state index contributed by atoms with van der Waals surface area (Å²) >= 11 is 1.65. The number of ketones is 1. The summed E-state index contributed by atoms with van der Waals surface area (Å²) in [6, 6.07) is 9.40. The second kappa shape index (κ2) is 6.29. The molecule has 0 N–H and O–H groups in total. The summed E-state index contributed by atoms with van der Waals surface area (Å²) in [5, 5.41) is 3.13. The first-order valence-electron chi connectivity index (χ1n) is 6.90. The third-order valence-electron chi connectivity index (χ3n) is 3.52. The zero-order valence-electron chi connectivity index (χ0n) is 11.2. The van der Waals surface area contributed by atoms with Gasteiger partial charge in [0.2, 0.25) is 0 Å². The molecule has 0 radical (unpaired) electrons. The highest BCUT2D eigenvalue weighted by Gasteiger charge is 2.18. The Hall–Kier alpha value is -1.52. The van der Waals surface area contributed by atoms with Crippen molar-refractivity contribution in [3.63, 3.8) is 0 Å². The average Bonchev–Trinajstić information content (AvgIpc) is 3.12. The van der Waals surface area contributed by atoms with Crippen molar-refractivity contribution in [1.82, 2.24) is 4.98 Å². The van der Waals surface area contributed by atoms with Crippen LogP contribution in [0.15, 0.2) is 35.7 Å². The molecule has 20 heavy (non-hydrogen) atoms. The van der Waals surface area contributed by atoms with Crippen molar-refractivity contribution >= 4 is 17.1 Å². The van der Waals surface area contributed by atoms with Gasteiger partial charge in [0.05, 0.1) is 17.1 Å². The van der Waals surface area contributed by atoms with Crippen LogP contribution in [-0.2, 0) is 17.6 Å². The summed E-state index contributed by atoms with van der Waals surface area (Å²) in [6.07, 6.45) is 2.49. The summed E-state index contributed by atoms with van der Waals surface area (Å²) in [7, 11) is 0. The molecule has 4 heteroatoms. The molecule has 0 amide bonds. The number of nitrogens with zero attached hydrogens (tertiary/aromatic N) is 1. The minimum absolute atomic E-state index is 0.131. The highest BCUT2D eigenvalue weighted by atomic mass is 32.1. The number of hydrogen-bond donors (Lipinski definition) is 0. The molecule has 1 fully saturated rings. The third kappa shape index (κ3) is 3.32. The van der Waals surface area contributed by atoms with E-state index in [1.807, 2.05) is 35.7 Å². The quantitative estimate of drug-likeness (QED) is 0.793. The molecule has 3 rings (SSSR count). The van der Waals surface area contributed by atoms with Gasteiger partial charge in [0.25, 0.3) is 0 Å². The van der Waals surface area contributed by atoms with Crippen molar-refractivity contribution in [2.75, 3.05) is 13.2 Å². The molecular formula is C16H17NO2S. The van der Waals surface area contributed by atoms with E-state index < -0.39 is 0 Å². The van der Waals surface area contributed by atoms with E-state index in [0.717, 1.165) is 42.3 Å². The summed E-state index contributed by atoms with van der Waals surface area (Å²) < 4.78 is 5.38. The molecule has 104 valence electrons. The van der Waals surface area contributed by atoms with Gasteiger partial charge in [-0.2, -0.15) is 0 Å². The SMILES string of the molecule is O=C(Cc1csc(CC2CCOC2)n1)c1ccccc1. The molecule has 1 aromatic heterocycles. The minimum Gasteiger partial charge on any atom is -0.381 e. The van der Waals surface area contributed by atoms with E-state index in [-0.39, 0.29) is 5.78 Å². The van der Waals surface area contributed by atoms with E-state index in [2.05, 4.69) is 4.98 Å². The van der Waals surface area contributed by atoms with E-state index in [1.54, 1.807) is 11.3 Å². The number of hydrogen-bond acceptors (Lipinski definition) is 4. The van der Waals surface area contributed by atoms with Crippen molar-refractivity contribution in [1.29, 1.82) is 0 Å². The maximum absolute atomic E-state index is 12.1. The van der Waals surface area contributed by atoms with Crippen LogP contribution in [0.4, 0.5) is 0 Å². The topological polar surface area (TPSA) is 39.2 Å². The van der Waals surface area contributed by atoms with E-state index in [1.165, 1.54) is 0 Å². The Morgan fingerprint density at radius 3 is 2.95 bits per heavy atom. The van der Waals surface area contributed by atoms with Gasteiger partial charge < -0.3 is 4.74 Å². The molecule has 1 aromatic carbocycles. The Bertz CT molecular complexity index is 573. The van der Waals surface area contributed by atoms with Crippen LogP contribution in [0, 0.1) is 5.92 Å². The molecule has 1 aliphatic rings. The van der Waals surface area contributed by atoms with Crippen molar-refractivity contribution in [3.05, 3.63) is 52.0 Å². The number of Topliss-reactive ketones (excluding diaryl/α,β-unsaturated/α-hetero) is 1. The van der Waals surface area contributed by atoms with Gasteiger partial charge in [-0.3, -0.25) is 4.79 Å². The summed E-state index contributed by atoms with van der Waals surface area (Å²) in [5.41, 5.74) is 1.64. The first-order chi connectivity index (χ1) is 9.81. The van der Waals surface area contributed by atoms with Gasteiger partial charge in [-0.15, -0.1) is 11.3 Å². The number of carbonyl (C=O) groups excluding carboxylic acids is 1. The molecule has 2 heterocycles. The fourth-order valence-corrected chi connectivity index (χ4v) is 3.32. The number of rotatable bonds is 5. The third-order valence-corrected chi connectivity index (χ3v) is 4.44. The molecule has 1 unspecified atom stereocenters. The van der Waals surface area contributed by atoms with Crippen LogP contribution in [0.3, 0.4) is 0 Å². The Morgan fingerprint density at radius 1 is 1.35 bits per heavy atom. The fourth-order valence-electron chi connectivity index (χ4n) is 2.41. The average molecular weight is 287 g/mol. The summed E-state index contributed by atoms with van der Waals surface area (Å²) in [6.45, 7) is 1.72.